The molecule has 0 radical (unpaired) electrons. The van der Waals surface area contributed by atoms with E-state index in [1.54, 1.807) is 0 Å². The van der Waals surface area contributed by atoms with Gasteiger partial charge in [-0.1, -0.05) is 30.3 Å². The lowest BCUT2D eigenvalue weighted by molar-refractivity contribution is 0.0685. The second-order valence-corrected chi connectivity index (χ2v) is 5.67. The van der Waals surface area contributed by atoms with Crippen LogP contribution in [0.2, 0.25) is 0 Å². The van der Waals surface area contributed by atoms with Crippen molar-refractivity contribution in [3.8, 4) is 0 Å². The molecule has 0 saturated heterocycles. The average Bonchev–Trinajstić information content (AvgIpc) is 2.97. The maximum Gasteiger partial charge on any atom is 0.352 e. The number of carboxylic acid groups (broad SMARTS) is 1. The predicted molar refractivity (Wildman–Crippen MR) is 89.5 cm³/mol. The molecule has 1 N–H and O–H groups in total. The number of nitrogens with zero attached hydrogens (tertiary/aromatic N) is 3. The molecular formula is C17H17N3O4. The van der Waals surface area contributed by atoms with E-state index in [1.165, 1.54) is 29.3 Å². The van der Waals surface area contributed by atoms with Gasteiger partial charge >= 0.3 is 11.7 Å². The normalized spacial score (nSPS) is 11.1. The third-order valence-electron chi connectivity index (χ3n) is 4.18. The Hall–Kier alpha value is -3.09. The number of aromatic nitrogens is 3. The van der Waals surface area contributed by atoms with Crippen molar-refractivity contribution in [2.45, 2.75) is 13.0 Å². The molecule has 3 rings (SSSR count). The summed E-state index contributed by atoms with van der Waals surface area (Å²) in [6.07, 6.45) is 0.592. The highest BCUT2D eigenvalue weighted by molar-refractivity contribution is 5.93. The first kappa shape index (κ1) is 15.8. The van der Waals surface area contributed by atoms with E-state index < -0.39 is 17.2 Å². The summed E-state index contributed by atoms with van der Waals surface area (Å²) >= 11 is 0. The van der Waals surface area contributed by atoms with Crippen molar-refractivity contribution in [2.75, 3.05) is 0 Å². The fourth-order valence-corrected chi connectivity index (χ4v) is 2.93. The number of aryl methyl sites for hydroxylation is 3. The Bertz CT molecular complexity index is 1040. The molecule has 7 heteroatoms. The molecule has 0 bridgehead atoms. The van der Waals surface area contributed by atoms with Gasteiger partial charge in [0, 0.05) is 20.6 Å². The van der Waals surface area contributed by atoms with Crippen LogP contribution in [0.3, 0.4) is 0 Å². The quantitative estimate of drug-likeness (QED) is 0.774. The fraction of sp³-hybridized carbons (Fsp3) is 0.235. The van der Waals surface area contributed by atoms with Crippen molar-refractivity contribution in [3.05, 3.63) is 68.5 Å². The highest BCUT2D eigenvalue weighted by Crippen LogP contribution is 2.17. The zero-order valence-corrected chi connectivity index (χ0v) is 13.4. The molecule has 0 atom stereocenters. The Kier molecular flexibility index (Phi) is 3.84. The van der Waals surface area contributed by atoms with Crippen LogP contribution >= 0.6 is 0 Å². The molecular weight excluding hydrogens is 310 g/mol. The maximum atomic E-state index is 12.3. The Morgan fingerprint density at radius 2 is 1.75 bits per heavy atom. The molecule has 0 amide bonds. The van der Waals surface area contributed by atoms with Gasteiger partial charge in [0.05, 0.1) is 5.39 Å². The highest BCUT2D eigenvalue weighted by Gasteiger charge is 2.20. The van der Waals surface area contributed by atoms with Crippen molar-refractivity contribution < 1.29 is 9.90 Å². The van der Waals surface area contributed by atoms with Crippen LogP contribution in [0, 0.1) is 0 Å². The van der Waals surface area contributed by atoms with Gasteiger partial charge < -0.3 is 9.67 Å². The smallest absolute Gasteiger partial charge is 0.352 e. The van der Waals surface area contributed by atoms with Gasteiger partial charge in [0.2, 0.25) is 0 Å². The zero-order chi connectivity index (χ0) is 17.4. The van der Waals surface area contributed by atoms with Crippen LogP contribution in [0.15, 0.2) is 46.0 Å². The van der Waals surface area contributed by atoms with Crippen LogP contribution < -0.4 is 11.2 Å². The highest BCUT2D eigenvalue weighted by atomic mass is 16.4. The summed E-state index contributed by atoms with van der Waals surface area (Å²) in [6.45, 7) is 0.357. The Morgan fingerprint density at radius 1 is 1.08 bits per heavy atom. The summed E-state index contributed by atoms with van der Waals surface area (Å²) in [6, 6.07) is 11.0. The second kappa shape index (κ2) is 5.84. The Morgan fingerprint density at radius 3 is 2.38 bits per heavy atom. The zero-order valence-electron chi connectivity index (χ0n) is 13.4. The second-order valence-electron chi connectivity index (χ2n) is 5.67. The van der Waals surface area contributed by atoms with Gasteiger partial charge in [-0.15, -0.1) is 0 Å². The maximum absolute atomic E-state index is 12.3. The standard InChI is InChI=1S/C17H17N3O4/c1-18-14-12(15(21)19(2)17(18)24)10-13(16(22)23)20(14)9-8-11-6-4-3-5-7-11/h3-7,10H,8-9H2,1-2H3,(H,22,23). The van der Waals surface area contributed by atoms with Crippen LogP contribution in [-0.4, -0.2) is 24.8 Å². The van der Waals surface area contributed by atoms with Crippen LogP contribution in [0.1, 0.15) is 16.1 Å². The molecule has 2 aromatic heterocycles. The fourth-order valence-electron chi connectivity index (χ4n) is 2.93. The number of hydrogen-bond donors (Lipinski definition) is 1. The lowest BCUT2D eigenvalue weighted by Crippen LogP contribution is -2.37. The van der Waals surface area contributed by atoms with Crippen molar-refractivity contribution in [1.29, 1.82) is 0 Å². The van der Waals surface area contributed by atoms with Gasteiger partial charge in [-0.25, -0.2) is 9.59 Å². The van der Waals surface area contributed by atoms with E-state index in [-0.39, 0.29) is 11.1 Å². The van der Waals surface area contributed by atoms with E-state index in [2.05, 4.69) is 0 Å². The van der Waals surface area contributed by atoms with Gasteiger partial charge in [0.1, 0.15) is 11.3 Å². The van der Waals surface area contributed by atoms with Gasteiger partial charge in [0.25, 0.3) is 5.56 Å². The topological polar surface area (TPSA) is 86.2 Å². The van der Waals surface area contributed by atoms with E-state index in [1.807, 2.05) is 30.3 Å². The van der Waals surface area contributed by atoms with Crippen molar-refractivity contribution in [2.24, 2.45) is 14.1 Å². The first-order valence-corrected chi connectivity index (χ1v) is 7.48. The largest absolute Gasteiger partial charge is 0.477 e. The third-order valence-corrected chi connectivity index (χ3v) is 4.18. The lowest BCUT2D eigenvalue weighted by Gasteiger charge is -2.11. The van der Waals surface area contributed by atoms with E-state index in [0.29, 0.717) is 18.6 Å². The molecule has 3 aromatic rings. The van der Waals surface area contributed by atoms with Crippen molar-refractivity contribution in [1.82, 2.24) is 13.7 Å². The van der Waals surface area contributed by atoms with E-state index >= 15 is 0 Å². The van der Waals surface area contributed by atoms with Gasteiger partial charge in [-0.05, 0) is 18.1 Å². The molecule has 0 spiro atoms. The van der Waals surface area contributed by atoms with Gasteiger partial charge in [0.15, 0.2) is 0 Å². The molecule has 0 aliphatic rings. The summed E-state index contributed by atoms with van der Waals surface area (Å²) < 4.78 is 3.82. The molecule has 1 aromatic carbocycles. The van der Waals surface area contributed by atoms with E-state index in [9.17, 15) is 19.5 Å². The Labute approximate surface area is 137 Å². The monoisotopic (exact) mass is 327 g/mol. The Balaban J connectivity index is 2.21. The molecule has 7 nitrogen and oxygen atoms in total. The summed E-state index contributed by atoms with van der Waals surface area (Å²) in [4.78, 5) is 36.1. The van der Waals surface area contributed by atoms with Crippen LogP contribution in [0.4, 0.5) is 0 Å². The number of fused-ring (bicyclic) bond motifs is 1. The van der Waals surface area contributed by atoms with Gasteiger partial charge in [-0.3, -0.25) is 13.9 Å². The number of carbonyl (C=O) groups is 1. The molecule has 0 saturated carbocycles. The lowest BCUT2D eigenvalue weighted by atomic mass is 10.1. The van der Waals surface area contributed by atoms with Crippen LogP contribution in [-0.2, 0) is 27.1 Å². The summed E-state index contributed by atoms with van der Waals surface area (Å²) in [7, 11) is 2.92. The summed E-state index contributed by atoms with van der Waals surface area (Å²) in [5.74, 6) is -1.13. The minimum Gasteiger partial charge on any atom is -0.477 e. The number of carboxylic acids is 1. The number of benzene rings is 1. The SMILES string of the molecule is Cn1c(=O)c2cc(C(=O)O)n(CCc3ccccc3)c2n(C)c1=O. The third kappa shape index (κ3) is 2.44. The first-order valence-electron chi connectivity index (χ1n) is 7.48. The molecule has 124 valence electrons. The molecule has 0 fully saturated rings. The first-order chi connectivity index (χ1) is 11.4. The summed E-state index contributed by atoms with van der Waals surface area (Å²) in [5.41, 5.74) is 0.401. The van der Waals surface area contributed by atoms with E-state index in [4.69, 9.17) is 0 Å². The van der Waals surface area contributed by atoms with Crippen LogP contribution in [0.5, 0.6) is 0 Å². The van der Waals surface area contributed by atoms with Crippen molar-refractivity contribution >= 4 is 17.0 Å². The van der Waals surface area contributed by atoms with Crippen molar-refractivity contribution in [3.63, 3.8) is 0 Å². The molecule has 2 heterocycles. The molecule has 24 heavy (non-hydrogen) atoms. The number of hydrogen-bond acceptors (Lipinski definition) is 3. The average molecular weight is 327 g/mol. The minimum absolute atomic E-state index is 0.000712. The van der Waals surface area contributed by atoms with Crippen LogP contribution in [0.25, 0.3) is 11.0 Å². The minimum atomic E-state index is -1.13. The number of rotatable bonds is 4. The van der Waals surface area contributed by atoms with Gasteiger partial charge in [-0.2, -0.15) is 0 Å². The van der Waals surface area contributed by atoms with E-state index in [0.717, 1.165) is 10.1 Å². The molecule has 0 aliphatic heterocycles. The molecule has 0 unspecified atom stereocenters. The number of aromatic carboxylic acids is 1. The summed E-state index contributed by atoms with van der Waals surface area (Å²) in [5, 5.41) is 9.69. The predicted octanol–water partition coefficient (Wildman–Crippen LogP) is 0.980. The molecule has 0 aliphatic carbocycles.